The maximum Gasteiger partial charge on any atom is 0.124 e. The number of hydrogen-bond acceptors (Lipinski definition) is 4. The molecule has 0 fully saturated rings. The van der Waals surface area contributed by atoms with E-state index in [1.165, 1.54) is 0 Å². The van der Waals surface area contributed by atoms with E-state index in [2.05, 4.69) is 15.2 Å². The molecular formula is C10H16N4S. The van der Waals surface area contributed by atoms with Crippen molar-refractivity contribution in [3.05, 3.63) is 24.0 Å². The highest BCUT2D eigenvalue weighted by Gasteiger charge is 2.04. The van der Waals surface area contributed by atoms with Crippen LogP contribution >= 0.6 is 12.2 Å². The Hall–Kier alpha value is -1.20. The molecule has 0 unspecified atom stereocenters. The van der Waals surface area contributed by atoms with E-state index < -0.39 is 0 Å². The van der Waals surface area contributed by atoms with Gasteiger partial charge in [0.1, 0.15) is 10.7 Å². The summed E-state index contributed by atoms with van der Waals surface area (Å²) in [7, 11) is 4.05. The maximum atomic E-state index is 5.56. The minimum Gasteiger partial charge on any atom is -0.388 e. The molecular weight excluding hydrogens is 208 g/mol. The topological polar surface area (TPSA) is 54.2 Å². The number of thiocarbonyl (C=S) groups is 1. The van der Waals surface area contributed by atoms with Crippen molar-refractivity contribution in [2.24, 2.45) is 5.73 Å². The molecule has 4 nitrogen and oxygen atoms in total. The van der Waals surface area contributed by atoms with Crippen LogP contribution in [0.2, 0.25) is 0 Å². The molecule has 0 aromatic carbocycles. The Balaban J connectivity index is 2.63. The summed E-state index contributed by atoms with van der Waals surface area (Å²) in [6.07, 6.45) is 1.69. The summed E-state index contributed by atoms with van der Waals surface area (Å²) in [6, 6.07) is 3.79. The number of nitrogens with one attached hydrogen (secondary N) is 1. The summed E-state index contributed by atoms with van der Waals surface area (Å²) < 4.78 is 0. The Morgan fingerprint density at radius 1 is 1.60 bits per heavy atom. The summed E-state index contributed by atoms with van der Waals surface area (Å²) in [5, 5.41) is 3.25. The third-order valence-corrected chi connectivity index (χ3v) is 2.11. The second-order valence-corrected chi connectivity index (χ2v) is 3.93. The quantitative estimate of drug-likeness (QED) is 0.721. The van der Waals surface area contributed by atoms with Gasteiger partial charge >= 0.3 is 0 Å². The molecule has 3 N–H and O–H groups in total. The van der Waals surface area contributed by atoms with Gasteiger partial charge in [0, 0.05) is 19.3 Å². The van der Waals surface area contributed by atoms with Crippen LogP contribution in [0.3, 0.4) is 0 Å². The molecule has 0 aliphatic heterocycles. The van der Waals surface area contributed by atoms with Crippen molar-refractivity contribution in [3.8, 4) is 0 Å². The van der Waals surface area contributed by atoms with Gasteiger partial charge in [-0.05, 0) is 26.2 Å². The highest BCUT2D eigenvalue weighted by Crippen LogP contribution is 2.11. The number of likely N-dealkylation sites (N-methyl/N-ethyl adjacent to an activating group) is 1. The van der Waals surface area contributed by atoms with E-state index in [1.54, 1.807) is 6.20 Å². The molecule has 0 atom stereocenters. The summed E-state index contributed by atoms with van der Waals surface area (Å²) in [6.45, 7) is 1.79. The molecule has 1 heterocycles. The lowest BCUT2D eigenvalue weighted by Crippen LogP contribution is -2.22. The fraction of sp³-hybridized carbons (Fsp3) is 0.400. The molecule has 5 heteroatoms. The fourth-order valence-corrected chi connectivity index (χ4v) is 1.32. The Morgan fingerprint density at radius 2 is 2.33 bits per heavy atom. The van der Waals surface area contributed by atoms with Crippen molar-refractivity contribution >= 4 is 22.9 Å². The van der Waals surface area contributed by atoms with Gasteiger partial charge in [-0.1, -0.05) is 12.2 Å². The van der Waals surface area contributed by atoms with E-state index in [0.717, 1.165) is 18.8 Å². The van der Waals surface area contributed by atoms with Crippen molar-refractivity contribution in [1.82, 2.24) is 9.88 Å². The van der Waals surface area contributed by atoms with Crippen LogP contribution in [0.15, 0.2) is 18.3 Å². The Bertz CT molecular complexity index is 338. The second-order valence-electron chi connectivity index (χ2n) is 3.49. The van der Waals surface area contributed by atoms with Gasteiger partial charge in [0.05, 0.1) is 5.69 Å². The molecule has 1 aromatic heterocycles. The lowest BCUT2D eigenvalue weighted by Gasteiger charge is -2.13. The Labute approximate surface area is 95.5 Å². The predicted molar refractivity (Wildman–Crippen MR) is 67.2 cm³/mol. The highest BCUT2D eigenvalue weighted by molar-refractivity contribution is 7.80. The van der Waals surface area contributed by atoms with Gasteiger partial charge < -0.3 is 16.0 Å². The maximum absolute atomic E-state index is 5.56. The number of nitrogens with two attached hydrogens (primary N) is 1. The van der Waals surface area contributed by atoms with Gasteiger partial charge in [0.2, 0.25) is 0 Å². The predicted octanol–water partition coefficient (Wildman–Crippen LogP) is 0.689. The first-order valence-electron chi connectivity index (χ1n) is 4.74. The first kappa shape index (κ1) is 11.9. The normalized spacial score (nSPS) is 10.3. The third-order valence-electron chi connectivity index (χ3n) is 1.92. The minimum atomic E-state index is 0.322. The zero-order chi connectivity index (χ0) is 11.3. The van der Waals surface area contributed by atoms with Crippen molar-refractivity contribution in [1.29, 1.82) is 0 Å². The monoisotopic (exact) mass is 224 g/mol. The van der Waals surface area contributed by atoms with Gasteiger partial charge in [-0.25, -0.2) is 0 Å². The number of hydrogen-bond donors (Lipinski definition) is 2. The molecule has 0 saturated carbocycles. The Morgan fingerprint density at radius 3 is 2.93 bits per heavy atom. The summed E-state index contributed by atoms with van der Waals surface area (Å²) in [4.78, 5) is 6.56. The smallest absolute Gasteiger partial charge is 0.124 e. The van der Waals surface area contributed by atoms with Crippen molar-refractivity contribution in [2.45, 2.75) is 0 Å². The van der Waals surface area contributed by atoms with Crippen LogP contribution in [0.4, 0.5) is 5.69 Å². The summed E-state index contributed by atoms with van der Waals surface area (Å²) >= 11 is 4.92. The van der Waals surface area contributed by atoms with Crippen molar-refractivity contribution in [3.63, 3.8) is 0 Å². The summed E-state index contributed by atoms with van der Waals surface area (Å²) in [5.41, 5.74) is 7.12. The fourth-order valence-electron chi connectivity index (χ4n) is 1.16. The number of aromatic nitrogens is 1. The SMILES string of the molecule is CN(C)CCNc1cccnc1C(N)=S. The molecule has 15 heavy (non-hydrogen) atoms. The van der Waals surface area contributed by atoms with Gasteiger partial charge in [-0.2, -0.15) is 0 Å². The number of nitrogens with zero attached hydrogens (tertiary/aromatic N) is 2. The van der Waals surface area contributed by atoms with E-state index >= 15 is 0 Å². The zero-order valence-electron chi connectivity index (χ0n) is 9.03. The van der Waals surface area contributed by atoms with Crippen LogP contribution < -0.4 is 11.1 Å². The van der Waals surface area contributed by atoms with E-state index in [9.17, 15) is 0 Å². The number of anilines is 1. The number of pyridine rings is 1. The molecule has 0 aliphatic carbocycles. The molecule has 82 valence electrons. The second kappa shape index (κ2) is 5.63. The van der Waals surface area contributed by atoms with Crippen LogP contribution in [-0.4, -0.2) is 42.1 Å². The van der Waals surface area contributed by atoms with Crippen LogP contribution in [0.25, 0.3) is 0 Å². The van der Waals surface area contributed by atoms with E-state index in [1.807, 2.05) is 26.2 Å². The van der Waals surface area contributed by atoms with Crippen LogP contribution in [0.5, 0.6) is 0 Å². The first-order valence-corrected chi connectivity index (χ1v) is 5.15. The van der Waals surface area contributed by atoms with E-state index in [4.69, 9.17) is 18.0 Å². The Kier molecular flexibility index (Phi) is 4.45. The average Bonchev–Trinajstić information content (AvgIpc) is 2.17. The molecule has 1 rings (SSSR count). The van der Waals surface area contributed by atoms with Crippen LogP contribution in [0.1, 0.15) is 5.69 Å². The molecule has 0 bridgehead atoms. The molecule has 0 spiro atoms. The van der Waals surface area contributed by atoms with Gasteiger partial charge in [0.15, 0.2) is 0 Å². The third kappa shape index (κ3) is 3.81. The average molecular weight is 224 g/mol. The molecule has 1 aromatic rings. The zero-order valence-corrected chi connectivity index (χ0v) is 9.84. The van der Waals surface area contributed by atoms with E-state index in [0.29, 0.717) is 10.7 Å². The minimum absolute atomic E-state index is 0.322. The largest absolute Gasteiger partial charge is 0.388 e. The summed E-state index contributed by atoms with van der Waals surface area (Å²) in [5.74, 6) is 0. The van der Waals surface area contributed by atoms with Gasteiger partial charge in [-0.3, -0.25) is 4.98 Å². The lowest BCUT2D eigenvalue weighted by atomic mass is 10.3. The van der Waals surface area contributed by atoms with Crippen molar-refractivity contribution in [2.75, 3.05) is 32.5 Å². The first-order chi connectivity index (χ1) is 7.11. The molecule has 0 aliphatic rings. The van der Waals surface area contributed by atoms with Crippen LogP contribution in [0, 0.1) is 0 Å². The lowest BCUT2D eigenvalue weighted by molar-refractivity contribution is 0.425. The highest BCUT2D eigenvalue weighted by atomic mass is 32.1. The van der Waals surface area contributed by atoms with Crippen LogP contribution in [-0.2, 0) is 0 Å². The van der Waals surface area contributed by atoms with E-state index in [-0.39, 0.29) is 0 Å². The van der Waals surface area contributed by atoms with Crippen molar-refractivity contribution < 1.29 is 0 Å². The molecule has 0 amide bonds. The van der Waals surface area contributed by atoms with Gasteiger partial charge in [0.25, 0.3) is 0 Å². The van der Waals surface area contributed by atoms with Gasteiger partial charge in [-0.15, -0.1) is 0 Å². The standard InChI is InChI=1S/C10H16N4S/c1-14(2)7-6-12-8-4-3-5-13-9(8)10(11)15/h3-5,12H,6-7H2,1-2H3,(H2,11,15). The number of rotatable bonds is 5. The molecule has 0 saturated heterocycles. The molecule has 0 radical (unpaired) electrons.